The average molecular weight is 360 g/mol. The minimum Gasteiger partial charge on any atom is -0.490 e. The van der Waals surface area contributed by atoms with Gasteiger partial charge in [-0.3, -0.25) is 4.79 Å². The van der Waals surface area contributed by atoms with E-state index in [-0.39, 0.29) is 17.9 Å². The Morgan fingerprint density at radius 1 is 1.23 bits per heavy atom. The number of Topliss-reactive ketones (excluding diaryl/α,β-unsaturated/α-hetero) is 1. The van der Waals surface area contributed by atoms with Crippen molar-refractivity contribution in [2.24, 2.45) is 0 Å². The molecule has 3 rings (SSSR count). The SMILES string of the molecule is CC(C)Oc1ccc(C2CC(=O)c3ccccc3N2)cc1Br. The number of hydrogen-bond donors (Lipinski definition) is 1. The summed E-state index contributed by atoms with van der Waals surface area (Å²) in [5, 5.41) is 3.45. The van der Waals surface area contributed by atoms with E-state index in [1.165, 1.54) is 0 Å². The van der Waals surface area contributed by atoms with Crippen LogP contribution in [0.4, 0.5) is 5.69 Å². The maximum atomic E-state index is 12.3. The van der Waals surface area contributed by atoms with Gasteiger partial charge < -0.3 is 10.1 Å². The molecule has 3 nitrogen and oxygen atoms in total. The van der Waals surface area contributed by atoms with E-state index in [4.69, 9.17) is 4.74 Å². The van der Waals surface area contributed by atoms with E-state index in [0.717, 1.165) is 27.0 Å². The molecule has 2 aromatic carbocycles. The minimum atomic E-state index is -0.00759. The molecule has 0 amide bonds. The summed E-state index contributed by atoms with van der Waals surface area (Å²) in [6.45, 7) is 4.00. The number of rotatable bonds is 3. The lowest BCUT2D eigenvalue weighted by Gasteiger charge is -2.27. The lowest BCUT2D eigenvalue weighted by atomic mass is 9.92. The lowest BCUT2D eigenvalue weighted by Crippen LogP contribution is -2.22. The second-order valence-electron chi connectivity index (χ2n) is 5.73. The van der Waals surface area contributed by atoms with Crippen LogP contribution < -0.4 is 10.1 Å². The first-order valence-corrected chi connectivity index (χ1v) is 8.19. The number of carbonyl (C=O) groups excluding carboxylic acids is 1. The van der Waals surface area contributed by atoms with Crippen LogP contribution in [0.3, 0.4) is 0 Å². The molecule has 0 saturated carbocycles. The van der Waals surface area contributed by atoms with Crippen molar-refractivity contribution in [3.05, 3.63) is 58.1 Å². The molecule has 1 atom stereocenters. The van der Waals surface area contributed by atoms with E-state index in [9.17, 15) is 4.79 Å². The molecule has 0 fully saturated rings. The Hall–Kier alpha value is -1.81. The quantitative estimate of drug-likeness (QED) is 0.839. The summed E-state index contributed by atoms with van der Waals surface area (Å²) in [6.07, 6.45) is 0.594. The van der Waals surface area contributed by atoms with Gasteiger partial charge in [0.05, 0.1) is 16.6 Å². The molecule has 1 aliphatic heterocycles. The molecule has 0 spiro atoms. The van der Waals surface area contributed by atoms with E-state index >= 15 is 0 Å². The second-order valence-corrected chi connectivity index (χ2v) is 6.58. The molecular formula is C18H18BrNO2. The van der Waals surface area contributed by atoms with E-state index in [2.05, 4.69) is 21.2 Å². The van der Waals surface area contributed by atoms with Crippen LogP contribution in [0.1, 0.15) is 42.2 Å². The van der Waals surface area contributed by atoms with Crippen molar-refractivity contribution in [2.75, 3.05) is 5.32 Å². The zero-order valence-electron chi connectivity index (χ0n) is 12.6. The fourth-order valence-corrected chi connectivity index (χ4v) is 3.16. The summed E-state index contributed by atoms with van der Waals surface area (Å²) in [6, 6.07) is 13.6. The standard InChI is InChI=1S/C18H18BrNO2/c1-11(2)22-18-8-7-12(9-14(18)19)16-10-17(21)13-5-3-4-6-15(13)20-16/h3-9,11,16,20H,10H2,1-2H3. The van der Waals surface area contributed by atoms with Gasteiger partial charge in [-0.05, 0) is 59.6 Å². The summed E-state index contributed by atoms with van der Waals surface area (Å²) in [5.41, 5.74) is 2.76. The molecule has 4 heteroatoms. The zero-order chi connectivity index (χ0) is 15.7. The van der Waals surface area contributed by atoms with Crippen LogP contribution in [-0.4, -0.2) is 11.9 Å². The number of benzene rings is 2. The first kappa shape index (κ1) is 15.1. The number of para-hydroxylation sites is 1. The second kappa shape index (κ2) is 6.13. The number of anilines is 1. The summed E-state index contributed by atoms with van der Waals surface area (Å²) in [5.74, 6) is 0.999. The van der Waals surface area contributed by atoms with E-state index in [0.29, 0.717) is 6.42 Å². The van der Waals surface area contributed by atoms with E-state index < -0.39 is 0 Å². The van der Waals surface area contributed by atoms with Gasteiger partial charge in [0, 0.05) is 17.7 Å². The zero-order valence-corrected chi connectivity index (χ0v) is 14.2. The van der Waals surface area contributed by atoms with Gasteiger partial charge >= 0.3 is 0 Å². The van der Waals surface area contributed by atoms with Gasteiger partial charge in [0.15, 0.2) is 5.78 Å². The van der Waals surface area contributed by atoms with Crippen LogP contribution in [0, 0.1) is 0 Å². The monoisotopic (exact) mass is 359 g/mol. The van der Waals surface area contributed by atoms with Crippen LogP contribution in [0.5, 0.6) is 5.75 Å². The fourth-order valence-electron chi connectivity index (χ4n) is 2.67. The van der Waals surface area contributed by atoms with Crippen molar-refractivity contribution in [2.45, 2.75) is 32.4 Å². The Kier molecular flexibility index (Phi) is 4.21. The molecule has 0 aromatic heterocycles. The topological polar surface area (TPSA) is 38.3 Å². The number of nitrogens with one attached hydrogen (secondary N) is 1. The number of hydrogen-bond acceptors (Lipinski definition) is 3. The van der Waals surface area contributed by atoms with Crippen LogP contribution in [0.25, 0.3) is 0 Å². The first-order valence-electron chi connectivity index (χ1n) is 7.39. The normalized spacial score (nSPS) is 17.1. The van der Waals surface area contributed by atoms with Crippen molar-refractivity contribution in [3.63, 3.8) is 0 Å². The fraction of sp³-hybridized carbons (Fsp3) is 0.278. The maximum absolute atomic E-state index is 12.3. The highest BCUT2D eigenvalue weighted by Crippen LogP contribution is 2.35. The summed E-state index contributed by atoms with van der Waals surface area (Å²) < 4.78 is 6.64. The lowest BCUT2D eigenvalue weighted by molar-refractivity contribution is 0.0972. The average Bonchev–Trinajstić information content (AvgIpc) is 2.49. The molecule has 0 bridgehead atoms. The molecule has 1 heterocycles. The van der Waals surface area contributed by atoms with E-state index in [1.54, 1.807) is 0 Å². The van der Waals surface area contributed by atoms with Crippen LogP contribution in [-0.2, 0) is 0 Å². The summed E-state index contributed by atoms with van der Waals surface area (Å²) in [4.78, 5) is 12.3. The van der Waals surface area contributed by atoms with Gasteiger partial charge in [-0.1, -0.05) is 18.2 Å². The molecule has 22 heavy (non-hydrogen) atoms. The van der Waals surface area contributed by atoms with Crippen molar-refractivity contribution < 1.29 is 9.53 Å². The molecule has 0 radical (unpaired) electrons. The van der Waals surface area contributed by atoms with Crippen LogP contribution in [0.15, 0.2) is 46.9 Å². The third-order valence-corrected chi connectivity index (χ3v) is 4.29. The largest absolute Gasteiger partial charge is 0.490 e. The number of ketones is 1. The molecule has 2 aromatic rings. The van der Waals surface area contributed by atoms with Gasteiger partial charge in [0.1, 0.15) is 5.75 Å². The molecule has 1 unspecified atom stereocenters. The molecule has 0 aliphatic carbocycles. The molecular weight excluding hydrogens is 342 g/mol. The van der Waals surface area contributed by atoms with E-state index in [1.807, 2.05) is 56.3 Å². The van der Waals surface area contributed by atoms with Gasteiger partial charge in [0.2, 0.25) is 0 Å². The third kappa shape index (κ3) is 3.02. The van der Waals surface area contributed by atoms with Gasteiger partial charge in [-0.15, -0.1) is 0 Å². The Labute approximate surface area is 138 Å². The van der Waals surface area contributed by atoms with Crippen molar-refractivity contribution >= 4 is 27.4 Å². The summed E-state index contributed by atoms with van der Waals surface area (Å²) >= 11 is 3.55. The maximum Gasteiger partial charge on any atom is 0.167 e. The number of ether oxygens (including phenoxy) is 1. The smallest absolute Gasteiger partial charge is 0.167 e. The first-order chi connectivity index (χ1) is 10.5. The number of halogens is 1. The van der Waals surface area contributed by atoms with Gasteiger partial charge in [-0.2, -0.15) is 0 Å². The number of fused-ring (bicyclic) bond motifs is 1. The van der Waals surface area contributed by atoms with Crippen molar-refractivity contribution in [1.82, 2.24) is 0 Å². The highest BCUT2D eigenvalue weighted by atomic mass is 79.9. The Morgan fingerprint density at radius 2 is 2.00 bits per heavy atom. The van der Waals surface area contributed by atoms with Crippen molar-refractivity contribution in [1.29, 1.82) is 0 Å². The van der Waals surface area contributed by atoms with Gasteiger partial charge in [0.25, 0.3) is 0 Å². The molecule has 1 aliphatic rings. The highest BCUT2D eigenvalue weighted by Gasteiger charge is 2.25. The Morgan fingerprint density at radius 3 is 2.73 bits per heavy atom. The van der Waals surface area contributed by atoms with Gasteiger partial charge in [-0.25, -0.2) is 0 Å². The Balaban J connectivity index is 1.87. The van der Waals surface area contributed by atoms with Crippen molar-refractivity contribution in [3.8, 4) is 5.75 Å². The molecule has 1 N–H and O–H groups in total. The Bertz CT molecular complexity index is 712. The predicted octanol–water partition coefficient (Wildman–Crippen LogP) is 4.98. The molecule has 114 valence electrons. The molecule has 0 saturated heterocycles. The number of carbonyl (C=O) groups is 1. The summed E-state index contributed by atoms with van der Waals surface area (Å²) in [7, 11) is 0. The predicted molar refractivity (Wildman–Crippen MR) is 91.7 cm³/mol. The van der Waals surface area contributed by atoms with Crippen LogP contribution >= 0.6 is 15.9 Å². The van der Waals surface area contributed by atoms with Crippen LogP contribution in [0.2, 0.25) is 0 Å². The third-order valence-electron chi connectivity index (χ3n) is 3.67. The highest BCUT2D eigenvalue weighted by molar-refractivity contribution is 9.10. The minimum absolute atomic E-state index is 0.00759.